The number of aromatic nitrogens is 2. The number of hydrogen-bond donors (Lipinski definition) is 2. The fourth-order valence-corrected chi connectivity index (χ4v) is 1.99. The zero-order chi connectivity index (χ0) is 13.8. The number of nitrogens with zero attached hydrogens (tertiary/aromatic N) is 1. The Morgan fingerprint density at radius 2 is 2.00 bits per heavy atom. The first-order valence-corrected chi connectivity index (χ1v) is 6.58. The molecule has 2 rings (SSSR count). The summed E-state index contributed by atoms with van der Waals surface area (Å²) >= 11 is 0. The number of H-pyrrole nitrogens is 1. The molecule has 2 aromatic rings. The van der Waals surface area contributed by atoms with Gasteiger partial charge in [-0.2, -0.15) is 5.10 Å². The third-order valence-electron chi connectivity index (χ3n) is 2.99. The molecular formula is C15H21N3O. The average molecular weight is 259 g/mol. The summed E-state index contributed by atoms with van der Waals surface area (Å²) in [5.74, 6) is 0.885. The van der Waals surface area contributed by atoms with Gasteiger partial charge in [-0.25, -0.2) is 0 Å². The Labute approximate surface area is 114 Å². The van der Waals surface area contributed by atoms with E-state index >= 15 is 0 Å². The van der Waals surface area contributed by atoms with Crippen molar-refractivity contribution in [2.75, 3.05) is 5.32 Å². The van der Waals surface area contributed by atoms with Crippen LogP contribution < -0.4 is 10.1 Å². The van der Waals surface area contributed by atoms with E-state index in [-0.39, 0.29) is 6.10 Å². The molecule has 2 N–H and O–H groups in total. The molecule has 0 aliphatic carbocycles. The van der Waals surface area contributed by atoms with Gasteiger partial charge in [-0.05, 0) is 39.8 Å². The van der Waals surface area contributed by atoms with Crippen molar-refractivity contribution in [3.05, 3.63) is 41.2 Å². The maximum atomic E-state index is 5.79. The monoisotopic (exact) mass is 259 g/mol. The van der Waals surface area contributed by atoms with Crippen molar-refractivity contribution in [1.29, 1.82) is 0 Å². The lowest BCUT2D eigenvalue weighted by molar-refractivity contribution is 0.243. The van der Waals surface area contributed by atoms with Crippen LogP contribution in [-0.2, 0) is 6.54 Å². The molecule has 0 saturated heterocycles. The molecule has 0 radical (unpaired) electrons. The van der Waals surface area contributed by atoms with E-state index in [4.69, 9.17) is 4.74 Å². The number of nitrogens with one attached hydrogen (secondary N) is 2. The van der Waals surface area contributed by atoms with E-state index in [1.165, 1.54) is 5.56 Å². The van der Waals surface area contributed by atoms with Crippen LogP contribution in [0.2, 0.25) is 0 Å². The van der Waals surface area contributed by atoms with Crippen molar-refractivity contribution in [2.45, 2.75) is 40.3 Å². The third kappa shape index (κ3) is 3.28. The molecule has 0 saturated carbocycles. The Bertz CT molecular complexity index is 527. The average Bonchev–Trinajstić information content (AvgIpc) is 2.68. The van der Waals surface area contributed by atoms with Crippen molar-refractivity contribution in [3.8, 4) is 5.75 Å². The summed E-state index contributed by atoms with van der Waals surface area (Å²) in [6.45, 7) is 8.85. The Balaban J connectivity index is 2.11. The van der Waals surface area contributed by atoms with Crippen LogP contribution in [-0.4, -0.2) is 16.3 Å². The smallest absolute Gasteiger partial charge is 0.142 e. The van der Waals surface area contributed by atoms with Crippen molar-refractivity contribution in [1.82, 2.24) is 10.2 Å². The maximum Gasteiger partial charge on any atom is 0.142 e. The highest BCUT2D eigenvalue weighted by molar-refractivity contribution is 5.56. The van der Waals surface area contributed by atoms with Gasteiger partial charge in [0, 0.05) is 17.8 Å². The van der Waals surface area contributed by atoms with E-state index in [0.717, 1.165) is 29.4 Å². The second-order valence-electron chi connectivity index (χ2n) is 4.93. The molecule has 0 aliphatic heterocycles. The normalized spacial score (nSPS) is 10.8. The number of hydrogen-bond acceptors (Lipinski definition) is 3. The van der Waals surface area contributed by atoms with Gasteiger partial charge in [-0.1, -0.05) is 12.1 Å². The predicted octanol–water partition coefficient (Wildman–Crippen LogP) is 3.43. The van der Waals surface area contributed by atoms with Gasteiger partial charge in [-0.15, -0.1) is 0 Å². The van der Waals surface area contributed by atoms with E-state index in [2.05, 4.69) is 15.5 Å². The molecule has 4 nitrogen and oxygen atoms in total. The number of aryl methyl sites for hydroxylation is 2. The summed E-state index contributed by atoms with van der Waals surface area (Å²) in [6.07, 6.45) is 0.167. The number of para-hydroxylation sites is 2. The van der Waals surface area contributed by atoms with Gasteiger partial charge in [0.1, 0.15) is 5.75 Å². The number of ether oxygens (including phenoxy) is 1. The first-order chi connectivity index (χ1) is 9.08. The molecule has 1 aromatic carbocycles. The quantitative estimate of drug-likeness (QED) is 0.865. The second-order valence-corrected chi connectivity index (χ2v) is 4.93. The van der Waals surface area contributed by atoms with Gasteiger partial charge in [0.05, 0.1) is 17.5 Å². The first-order valence-electron chi connectivity index (χ1n) is 6.58. The van der Waals surface area contributed by atoms with E-state index in [0.29, 0.717) is 0 Å². The molecular weight excluding hydrogens is 238 g/mol. The van der Waals surface area contributed by atoms with Gasteiger partial charge in [0.2, 0.25) is 0 Å². The van der Waals surface area contributed by atoms with Gasteiger partial charge in [0.25, 0.3) is 0 Å². The SMILES string of the molecule is Cc1n[nH]c(C)c1CNc1ccccc1OC(C)C. The summed E-state index contributed by atoms with van der Waals surface area (Å²) in [7, 11) is 0. The Morgan fingerprint density at radius 3 is 2.63 bits per heavy atom. The van der Waals surface area contributed by atoms with Crippen LogP contribution in [0.15, 0.2) is 24.3 Å². The summed E-state index contributed by atoms with van der Waals surface area (Å²) in [6, 6.07) is 8.00. The van der Waals surface area contributed by atoms with Crippen LogP contribution >= 0.6 is 0 Å². The standard InChI is InChI=1S/C15H21N3O/c1-10(2)19-15-8-6-5-7-14(15)16-9-13-11(3)17-18-12(13)4/h5-8,10,16H,9H2,1-4H3,(H,17,18). The van der Waals surface area contributed by atoms with Crippen molar-refractivity contribution in [2.24, 2.45) is 0 Å². The maximum absolute atomic E-state index is 5.79. The molecule has 19 heavy (non-hydrogen) atoms. The highest BCUT2D eigenvalue weighted by Crippen LogP contribution is 2.25. The van der Waals surface area contributed by atoms with E-state index < -0.39 is 0 Å². The molecule has 0 atom stereocenters. The van der Waals surface area contributed by atoms with Crippen molar-refractivity contribution in [3.63, 3.8) is 0 Å². The van der Waals surface area contributed by atoms with Crippen LogP contribution in [0.3, 0.4) is 0 Å². The van der Waals surface area contributed by atoms with Crippen LogP contribution in [0.4, 0.5) is 5.69 Å². The van der Waals surface area contributed by atoms with E-state index in [1.54, 1.807) is 0 Å². The molecule has 1 heterocycles. The van der Waals surface area contributed by atoms with Crippen LogP contribution in [0.1, 0.15) is 30.8 Å². The lowest BCUT2D eigenvalue weighted by atomic mass is 10.2. The summed E-state index contributed by atoms with van der Waals surface area (Å²) in [5, 5.41) is 10.6. The highest BCUT2D eigenvalue weighted by Gasteiger charge is 2.08. The lowest BCUT2D eigenvalue weighted by Gasteiger charge is -2.15. The lowest BCUT2D eigenvalue weighted by Crippen LogP contribution is -2.09. The number of benzene rings is 1. The minimum atomic E-state index is 0.167. The van der Waals surface area contributed by atoms with Gasteiger partial charge in [0.15, 0.2) is 0 Å². The minimum Gasteiger partial charge on any atom is -0.489 e. The molecule has 0 bridgehead atoms. The molecule has 4 heteroatoms. The Kier molecular flexibility index (Phi) is 4.10. The van der Waals surface area contributed by atoms with Crippen LogP contribution in [0.5, 0.6) is 5.75 Å². The van der Waals surface area contributed by atoms with E-state index in [1.807, 2.05) is 52.0 Å². The molecule has 1 aromatic heterocycles. The zero-order valence-electron chi connectivity index (χ0n) is 11.9. The van der Waals surface area contributed by atoms with Crippen molar-refractivity contribution >= 4 is 5.69 Å². The Hall–Kier alpha value is -1.97. The Morgan fingerprint density at radius 1 is 1.26 bits per heavy atom. The minimum absolute atomic E-state index is 0.167. The van der Waals surface area contributed by atoms with Gasteiger partial charge >= 0.3 is 0 Å². The first kappa shape index (κ1) is 13.5. The van der Waals surface area contributed by atoms with Gasteiger partial charge in [-0.3, -0.25) is 5.10 Å². The molecule has 102 valence electrons. The largest absolute Gasteiger partial charge is 0.489 e. The molecule has 0 fully saturated rings. The number of anilines is 1. The molecule has 0 unspecified atom stereocenters. The van der Waals surface area contributed by atoms with Crippen LogP contribution in [0, 0.1) is 13.8 Å². The fraction of sp³-hybridized carbons (Fsp3) is 0.400. The molecule has 0 aliphatic rings. The van der Waals surface area contributed by atoms with E-state index in [9.17, 15) is 0 Å². The molecule has 0 spiro atoms. The molecule has 0 amide bonds. The zero-order valence-corrected chi connectivity index (χ0v) is 11.9. The number of aromatic amines is 1. The number of rotatable bonds is 5. The summed E-state index contributed by atoms with van der Waals surface area (Å²) in [5.41, 5.74) is 4.36. The van der Waals surface area contributed by atoms with Crippen LogP contribution in [0.25, 0.3) is 0 Å². The highest BCUT2D eigenvalue weighted by atomic mass is 16.5. The topological polar surface area (TPSA) is 49.9 Å². The third-order valence-corrected chi connectivity index (χ3v) is 2.99. The second kappa shape index (κ2) is 5.78. The summed E-state index contributed by atoms with van der Waals surface area (Å²) in [4.78, 5) is 0. The predicted molar refractivity (Wildman–Crippen MR) is 77.6 cm³/mol. The summed E-state index contributed by atoms with van der Waals surface area (Å²) < 4.78 is 5.79. The van der Waals surface area contributed by atoms with Crippen molar-refractivity contribution < 1.29 is 4.74 Å². The fourth-order valence-electron chi connectivity index (χ4n) is 1.99. The van der Waals surface area contributed by atoms with Gasteiger partial charge < -0.3 is 10.1 Å².